The molecule has 1 N–H and O–H groups in total. The molecule has 0 bridgehead atoms. The van der Waals surface area contributed by atoms with E-state index in [0.29, 0.717) is 77.5 Å². The maximum Gasteiger partial charge on any atom is 0.326 e. The van der Waals surface area contributed by atoms with Crippen LogP contribution in [0.25, 0.3) is 0 Å². The second-order valence-corrected chi connectivity index (χ2v) is 18.3. The third-order valence-electron chi connectivity index (χ3n) is 12.3. The number of nitrogens with zero attached hydrogens (tertiary/aromatic N) is 5. The molecule has 14 heteroatoms. The average molecular weight is 902 g/mol. The number of ether oxygens (including phenoxy) is 1. The van der Waals surface area contributed by atoms with Gasteiger partial charge in [-0.15, -0.1) is 0 Å². The second kappa shape index (κ2) is 18.5. The van der Waals surface area contributed by atoms with Crippen molar-refractivity contribution >= 4 is 58.7 Å². The van der Waals surface area contributed by atoms with Gasteiger partial charge in [-0.05, 0) is 89.5 Å². The highest BCUT2D eigenvalue weighted by Crippen LogP contribution is 2.46. The topological polar surface area (TPSA) is 132 Å². The number of piperazine rings is 1. The average Bonchev–Trinajstić information content (AvgIpc) is 3.83. The quantitative estimate of drug-likeness (QED) is 0.141. The predicted molar refractivity (Wildman–Crippen MR) is 245 cm³/mol. The van der Waals surface area contributed by atoms with E-state index >= 15 is 4.79 Å². The second-order valence-electron chi connectivity index (χ2n) is 17.4. The summed E-state index contributed by atoms with van der Waals surface area (Å²) in [6.07, 6.45) is 0.937. The van der Waals surface area contributed by atoms with Gasteiger partial charge >= 0.3 is 6.03 Å². The maximum atomic E-state index is 15.1. The number of hydrogen-bond acceptors (Lipinski definition) is 7. The monoisotopic (exact) mass is 900 g/mol. The summed E-state index contributed by atoms with van der Waals surface area (Å²) in [6.45, 7) is 10.3. The fourth-order valence-corrected chi connectivity index (χ4v) is 9.04. The molecule has 4 aliphatic heterocycles. The highest BCUT2D eigenvalue weighted by atomic mass is 35.5. The third-order valence-corrected chi connectivity index (χ3v) is 12.8. The Balaban J connectivity index is 0.991. The summed E-state index contributed by atoms with van der Waals surface area (Å²) in [6, 6.07) is 24.5. The molecule has 0 aromatic heterocycles. The Bertz CT molecular complexity index is 2590. The first kappa shape index (κ1) is 44.4. The van der Waals surface area contributed by atoms with Crippen molar-refractivity contribution in [1.29, 1.82) is 0 Å². The molecule has 1 unspecified atom stereocenters. The number of carbonyl (C=O) groups is 5. The van der Waals surface area contributed by atoms with E-state index in [1.54, 1.807) is 26.8 Å². The van der Waals surface area contributed by atoms with E-state index in [-0.39, 0.29) is 55.0 Å². The fourth-order valence-electron chi connectivity index (χ4n) is 8.79. The van der Waals surface area contributed by atoms with E-state index in [9.17, 15) is 19.2 Å². The Morgan fingerprint density at radius 3 is 2.19 bits per heavy atom. The van der Waals surface area contributed by atoms with E-state index in [1.807, 2.05) is 73.7 Å². The predicted octanol–water partition coefficient (Wildman–Crippen LogP) is 8.09. The van der Waals surface area contributed by atoms with Gasteiger partial charge in [0.15, 0.2) is 0 Å². The van der Waals surface area contributed by atoms with Gasteiger partial charge in [0.1, 0.15) is 23.7 Å². The Labute approximate surface area is 383 Å². The molecule has 0 spiro atoms. The molecule has 64 heavy (non-hydrogen) atoms. The van der Waals surface area contributed by atoms with Gasteiger partial charge in [0.05, 0.1) is 18.2 Å². The van der Waals surface area contributed by atoms with Crippen LogP contribution in [0.1, 0.15) is 109 Å². The minimum Gasteiger partial charge on any atom is -0.493 e. The van der Waals surface area contributed by atoms with Crippen molar-refractivity contribution in [3.8, 4) is 17.6 Å². The van der Waals surface area contributed by atoms with Crippen molar-refractivity contribution in [3.63, 3.8) is 0 Å². The first-order chi connectivity index (χ1) is 30.7. The summed E-state index contributed by atoms with van der Waals surface area (Å²) in [7, 11) is 0. The van der Waals surface area contributed by atoms with Crippen LogP contribution in [0.15, 0.2) is 89.9 Å². The number of aliphatic imine (C=N–C) groups is 1. The summed E-state index contributed by atoms with van der Waals surface area (Å²) in [5.74, 6) is 6.26. The molecule has 330 valence electrons. The van der Waals surface area contributed by atoms with Gasteiger partial charge in [-0.25, -0.2) is 4.79 Å². The Hall–Kier alpha value is -6.16. The molecule has 2 fully saturated rings. The number of urea groups is 1. The third kappa shape index (κ3) is 9.10. The molecule has 12 nitrogen and oxygen atoms in total. The zero-order valence-corrected chi connectivity index (χ0v) is 37.8. The minimum atomic E-state index is -0.715. The van der Waals surface area contributed by atoms with Crippen LogP contribution in [0.2, 0.25) is 10.0 Å². The first-order valence-corrected chi connectivity index (χ1v) is 22.4. The number of hydrogen-bond donors (Lipinski definition) is 1. The zero-order valence-electron chi connectivity index (χ0n) is 36.3. The number of rotatable bonds is 8. The van der Waals surface area contributed by atoms with Crippen molar-refractivity contribution in [3.05, 3.63) is 134 Å². The molecule has 4 aromatic rings. The van der Waals surface area contributed by atoms with Gasteiger partial charge in [-0.1, -0.05) is 92.2 Å². The number of carbonyl (C=O) groups excluding carboxylic acids is 5. The van der Waals surface area contributed by atoms with Gasteiger partial charge in [0.25, 0.3) is 5.91 Å². The number of fused-ring (bicyclic) bond motifs is 1. The van der Waals surface area contributed by atoms with Crippen molar-refractivity contribution < 1.29 is 28.7 Å². The van der Waals surface area contributed by atoms with Crippen molar-refractivity contribution in [1.82, 2.24) is 24.9 Å². The van der Waals surface area contributed by atoms with Crippen LogP contribution in [0, 0.1) is 11.8 Å². The summed E-state index contributed by atoms with van der Waals surface area (Å²) < 4.78 is 6.28. The minimum absolute atomic E-state index is 0.0653. The molecule has 4 aliphatic rings. The molecule has 0 aliphatic carbocycles. The molecule has 4 heterocycles. The number of piperidine rings is 1. The smallest absolute Gasteiger partial charge is 0.326 e. The van der Waals surface area contributed by atoms with E-state index < -0.39 is 24.0 Å². The van der Waals surface area contributed by atoms with Crippen LogP contribution >= 0.6 is 23.2 Å². The fraction of sp³-hybridized carbons (Fsp3) is 0.360. The summed E-state index contributed by atoms with van der Waals surface area (Å²) in [5.41, 5.74) is 5.27. The lowest BCUT2D eigenvalue weighted by Gasteiger charge is -2.39. The molecule has 3 atom stereocenters. The van der Waals surface area contributed by atoms with Gasteiger partial charge in [-0.3, -0.25) is 34.4 Å². The van der Waals surface area contributed by atoms with E-state index in [2.05, 4.69) is 44.0 Å². The Morgan fingerprint density at radius 2 is 1.53 bits per heavy atom. The standard InChI is InChI=1S/C50H50Cl2N6O6/c1-5-64-41-29-34(50(2,3)4)17-22-38(41)46-54-44(32-13-18-35(51)19-14-32)45(33-15-20-36(52)21-16-33)58(46)49(63)56-27-25-55(26-28-56)43(60)12-7-6-9-31-10-8-11-37-39(31)30-57(48(37)62)40-23-24-42(59)53-47(40)61/h8,10-11,13-22,29,40,44-45H,5,7,12,23-28,30H2,1-4H3,(H,53,59,61)/t40?,44-,45+/m0/s1. The summed E-state index contributed by atoms with van der Waals surface area (Å²) in [5, 5.41) is 3.50. The van der Waals surface area contributed by atoms with E-state index in [4.69, 9.17) is 32.9 Å². The largest absolute Gasteiger partial charge is 0.493 e. The number of imide groups is 1. The molecule has 0 radical (unpaired) electrons. The lowest BCUT2D eigenvalue weighted by molar-refractivity contribution is -0.137. The number of halogens is 2. The molecular formula is C50H50Cl2N6O6. The molecule has 6 amide bonds. The first-order valence-electron chi connectivity index (χ1n) is 21.7. The van der Waals surface area contributed by atoms with Crippen LogP contribution < -0.4 is 10.1 Å². The van der Waals surface area contributed by atoms with Crippen molar-refractivity contribution in [2.45, 2.75) is 83.5 Å². The van der Waals surface area contributed by atoms with Crippen LogP contribution in [-0.4, -0.2) is 93.9 Å². The van der Waals surface area contributed by atoms with Crippen LogP contribution in [0.3, 0.4) is 0 Å². The van der Waals surface area contributed by atoms with Crippen LogP contribution in [0.4, 0.5) is 4.79 Å². The van der Waals surface area contributed by atoms with Crippen LogP contribution in [-0.2, 0) is 26.3 Å². The van der Waals surface area contributed by atoms with Gasteiger partial charge in [0.2, 0.25) is 17.7 Å². The molecule has 0 saturated carbocycles. The zero-order chi connectivity index (χ0) is 45.3. The highest BCUT2D eigenvalue weighted by molar-refractivity contribution is 6.30. The number of benzene rings is 4. The van der Waals surface area contributed by atoms with Crippen molar-refractivity contribution in [2.24, 2.45) is 4.99 Å². The maximum absolute atomic E-state index is 15.1. The number of amidine groups is 1. The van der Waals surface area contributed by atoms with Crippen LogP contribution in [0.5, 0.6) is 5.75 Å². The summed E-state index contributed by atoms with van der Waals surface area (Å²) >= 11 is 12.7. The van der Waals surface area contributed by atoms with E-state index in [0.717, 1.165) is 22.3 Å². The molecule has 8 rings (SSSR count). The Morgan fingerprint density at radius 1 is 0.859 bits per heavy atom. The normalized spacial score (nSPS) is 19.8. The lowest BCUT2D eigenvalue weighted by atomic mass is 9.86. The molecule has 4 aromatic carbocycles. The summed E-state index contributed by atoms with van der Waals surface area (Å²) in [4.78, 5) is 78.4. The number of nitrogens with one attached hydrogen (secondary N) is 1. The SMILES string of the molecule is CCOc1cc(C(C)(C)C)ccc1C1=N[C@@H](c2ccc(Cl)cc2)[C@@H](c2ccc(Cl)cc2)N1C(=O)N1CCN(C(=O)CCC#Cc2cccc3c2CN(C2CCC(=O)NC2=O)C3=O)CC1. The van der Waals surface area contributed by atoms with Gasteiger partial charge in [-0.2, -0.15) is 0 Å². The highest BCUT2D eigenvalue weighted by Gasteiger charge is 2.45. The van der Waals surface area contributed by atoms with Gasteiger partial charge in [0, 0.05) is 73.2 Å². The number of amides is 6. The van der Waals surface area contributed by atoms with E-state index in [1.165, 1.54) is 4.90 Å². The van der Waals surface area contributed by atoms with Crippen molar-refractivity contribution in [2.75, 3.05) is 32.8 Å². The van der Waals surface area contributed by atoms with Gasteiger partial charge < -0.3 is 19.4 Å². The Kier molecular flexibility index (Phi) is 12.9. The lowest BCUT2D eigenvalue weighted by Crippen LogP contribution is -2.55. The molecule has 2 saturated heterocycles. The molecular weight excluding hydrogens is 851 g/mol.